The maximum Gasteiger partial charge on any atom is 0.141 e. The molecule has 1 aromatic carbocycles. The summed E-state index contributed by atoms with van der Waals surface area (Å²) in [5, 5.41) is 0.683. The molecule has 3 heteroatoms. The van der Waals surface area contributed by atoms with E-state index in [1.807, 2.05) is 13.0 Å². The second kappa shape index (κ2) is 3.20. The highest BCUT2D eigenvalue weighted by atomic mass is 35.5. The fourth-order valence-electron chi connectivity index (χ4n) is 1.67. The molecule has 1 heterocycles. The summed E-state index contributed by atoms with van der Waals surface area (Å²) in [6, 6.07) is 3.95. The van der Waals surface area contributed by atoms with Crippen LogP contribution in [0.15, 0.2) is 12.1 Å². The molecule has 0 amide bonds. The van der Waals surface area contributed by atoms with Gasteiger partial charge in [-0.2, -0.15) is 0 Å². The number of benzene rings is 1. The normalized spacial score (nSPS) is 19.8. The van der Waals surface area contributed by atoms with Gasteiger partial charge in [0.05, 0.1) is 5.02 Å². The average molecular weight is 198 g/mol. The molecule has 0 radical (unpaired) electrons. The van der Waals surface area contributed by atoms with E-state index < -0.39 is 0 Å². The van der Waals surface area contributed by atoms with Crippen LogP contribution in [0.5, 0.6) is 5.75 Å². The van der Waals surface area contributed by atoms with Crippen molar-refractivity contribution in [2.45, 2.75) is 26.0 Å². The molecule has 1 aliphatic rings. The topological polar surface area (TPSA) is 35.2 Å². The molecule has 13 heavy (non-hydrogen) atoms. The second-order valence-corrected chi connectivity index (χ2v) is 3.81. The Bertz CT molecular complexity index is 338. The van der Waals surface area contributed by atoms with Gasteiger partial charge in [0, 0.05) is 13.0 Å². The Morgan fingerprint density at radius 3 is 3.08 bits per heavy atom. The van der Waals surface area contributed by atoms with E-state index >= 15 is 0 Å². The van der Waals surface area contributed by atoms with Crippen molar-refractivity contribution in [3.05, 3.63) is 28.3 Å². The molecule has 0 aliphatic carbocycles. The highest BCUT2D eigenvalue weighted by Gasteiger charge is 2.21. The van der Waals surface area contributed by atoms with Gasteiger partial charge >= 0.3 is 0 Å². The van der Waals surface area contributed by atoms with Crippen molar-refractivity contribution in [1.82, 2.24) is 0 Å². The maximum atomic E-state index is 6.04. The van der Waals surface area contributed by atoms with Crippen LogP contribution < -0.4 is 10.5 Å². The van der Waals surface area contributed by atoms with Crippen molar-refractivity contribution in [3.8, 4) is 5.75 Å². The molecule has 0 aromatic heterocycles. The van der Waals surface area contributed by atoms with Gasteiger partial charge in [0.1, 0.15) is 11.9 Å². The van der Waals surface area contributed by atoms with Crippen molar-refractivity contribution in [2.24, 2.45) is 5.73 Å². The molecule has 0 spiro atoms. The minimum Gasteiger partial charge on any atom is -0.489 e. The number of rotatable bonds is 1. The van der Waals surface area contributed by atoms with E-state index in [2.05, 4.69) is 6.07 Å². The standard InChI is InChI=1S/C10H12ClNO/c1-6-2-8-3-7(5-12)4-9(11)10(8)13-6/h3-4,6H,2,5,12H2,1H3. The molecule has 1 unspecified atom stereocenters. The summed E-state index contributed by atoms with van der Waals surface area (Å²) in [5.74, 6) is 0.839. The molecule has 1 aliphatic heterocycles. The molecule has 2 nitrogen and oxygen atoms in total. The van der Waals surface area contributed by atoms with Crippen LogP contribution in [-0.2, 0) is 13.0 Å². The first kappa shape index (κ1) is 8.85. The Hall–Kier alpha value is -0.730. The Labute approximate surface area is 82.6 Å². The minimum atomic E-state index is 0.237. The SMILES string of the molecule is CC1Cc2cc(CN)cc(Cl)c2O1. The predicted octanol–water partition coefficient (Wildman–Crippen LogP) is 2.12. The Morgan fingerprint density at radius 2 is 2.38 bits per heavy atom. The zero-order valence-electron chi connectivity index (χ0n) is 7.51. The summed E-state index contributed by atoms with van der Waals surface area (Å²) >= 11 is 6.04. The Morgan fingerprint density at radius 1 is 1.62 bits per heavy atom. The van der Waals surface area contributed by atoms with Gasteiger partial charge in [0.2, 0.25) is 0 Å². The van der Waals surface area contributed by atoms with E-state index in [9.17, 15) is 0 Å². The molecule has 2 rings (SSSR count). The number of hydrogen-bond donors (Lipinski definition) is 1. The highest BCUT2D eigenvalue weighted by molar-refractivity contribution is 6.32. The largest absolute Gasteiger partial charge is 0.489 e. The van der Waals surface area contributed by atoms with E-state index in [1.165, 1.54) is 5.56 Å². The number of ether oxygens (including phenoxy) is 1. The monoisotopic (exact) mass is 197 g/mol. The Balaban J connectivity index is 2.46. The summed E-state index contributed by atoms with van der Waals surface area (Å²) in [6.45, 7) is 2.57. The number of fused-ring (bicyclic) bond motifs is 1. The molecule has 0 saturated heterocycles. The third-order valence-corrected chi connectivity index (χ3v) is 2.52. The first-order chi connectivity index (χ1) is 6.20. The van der Waals surface area contributed by atoms with Gasteiger partial charge in [0.15, 0.2) is 0 Å². The molecular formula is C10H12ClNO. The average Bonchev–Trinajstić information content (AvgIpc) is 2.46. The van der Waals surface area contributed by atoms with E-state index in [0.717, 1.165) is 17.7 Å². The fraction of sp³-hybridized carbons (Fsp3) is 0.400. The smallest absolute Gasteiger partial charge is 0.141 e. The van der Waals surface area contributed by atoms with Crippen LogP contribution in [0, 0.1) is 0 Å². The summed E-state index contributed by atoms with van der Waals surface area (Å²) in [7, 11) is 0. The molecular weight excluding hydrogens is 186 g/mol. The molecule has 70 valence electrons. The highest BCUT2D eigenvalue weighted by Crippen LogP contribution is 2.36. The summed E-state index contributed by atoms with van der Waals surface area (Å²) in [6.07, 6.45) is 1.17. The van der Waals surface area contributed by atoms with Gasteiger partial charge < -0.3 is 10.5 Å². The van der Waals surface area contributed by atoms with E-state index in [-0.39, 0.29) is 6.10 Å². The summed E-state index contributed by atoms with van der Waals surface area (Å²) in [4.78, 5) is 0. The maximum absolute atomic E-state index is 6.04. The van der Waals surface area contributed by atoms with Crippen LogP contribution in [0.2, 0.25) is 5.02 Å². The lowest BCUT2D eigenvalue weighted by molar-refractivity contribution is 0.255. The number of halogens is 1. The van der Waals surface area contributed by atoms with Crippen LogP contribution >= 0.6 is 11.6 Å². The van der Waals surface area contributed by atoms with Gasteiger partial charge in [0.25, 0.3) is 0 Å². The molecule has 1 atom stereocenters. The van der Waals surface area contributed by atoms with Crippen molar-refractivity contribution in [3.63, 3.8) is 0 Å². The van der Waals surface area contributed by atoms with Crippen LogP contribution in [0.1, 0.15) is 18.1 Å². The van der Waals surface area contributed by atoms with Crippen molar-refractivity contribution in [2.75, 3.05) is 0 Å². The molecule has 1 aromatic rings. The molecule has 2 N–H and O–H groups in total. The van der Waals surface area contributed by atoms with Crippen LogP contribution in [-0.4, -0.2) is 6.10 Å². The third kappa shape index (κ3) is 1.52. The van der Waals surface area contributed by atoms with Gasteiger partial charge in [-0.15, -0.1) is 0 Å². The molecule has 0 bridgehead atoms. The minimum absolute atomic E-state index is 0.237. The third-order valence-electron chi connectivity index (χ3n) is 2.24. The molecule has 0 fully saturated rings. The fourth-order valence-corrected chi connectivity index (χ4v) is 1.97. The van der Waals surface area contributed by atoms with Gasteiger partial charge in [-0.3, -0.25) is 0 Å². The van der Waals surface area contributed by atoms with E-state index in [0.29, 0.717) is 11.6 Å². The van der Waals surface area contributed by atoms with E-state index in [4.69, 9.17) is 22.1 Å². The van der Waals surface area contributed by atoms with Crippen molar-refractivity contribution in [1.29, 1.82) is 0 Å². The zero-order chi connectivity index (χ0) is 9.42. The lowest BCUT2D eigenvalue weighted by Gasteiger charge is -2.05. The van der Waals surface area contributed by atoms with E-state index in [1.54, 1.807) is 0 Å². The van der Waals surface area contributed by atoms with Crippen LogP contribution in [0.3, 0.4) is 0 Å². The summed E-state index contributed by atoms with van der Waals surface area (Å²) < 4.78 is 5.56. The van der Waals surface area contributed by atoms with Gasteiger partial charge in [-0.05, 0) is 24.1 Å². The summed E-state index contributed by atoms with van der Waals surface area (Å²) in [5.41, 5.74) is 7.80. The van der Waals surface area contributed by atoms with Crippen molar-refractivity contribution >= 4 is 11.6 Å². The lowest BCUT2D eigenvalue weighted by atomic mass is 10.1. The van der Waals surface area contributed by atoms with Crippen LogP contribution in [0.4, 0.5) is 0 Å². The number of nitrogens with two attached hydrogens (primary N) is 1. The van der Waals surface area contributed by atoms with Gasteiger partial charge in [-0.1, -0.05) is 17.7 Å². The predicted molar refractivity (Wildman–Crippen MR) is 53.1 cm³/mol. The van der Waals surface area contributed by atoms with Crippen molar-refractivity contribution < 1.29 is 4.74 Å². The zero-order valence-corrected chi connectivity index (χ0v) is 8.27. The lowest BCUT2D eigenvalue weighted by Crippen LogP contribution is -2.05. The first-order valence-corrected chi connectivity index (χ1v) is 4.76. The second-order valence-electron chi connectivity index (χ2n) is 3.40. The number of hydrogen-bond acceptors (Lipinski definition) is 2. The van der Waals surface area contributed by atoms with Crippen LogP contribution in [0.25, 0.3) is 0 Å². The quantitative estimate of drug-likeness (QED) is 0.749. The first-order valence-electron chi connectivity index (χ1n) is 4.38. The Kier molecular flexibility index (Phi) is 2.18. The van der Waals surface area contributed by atoms with Gasteiger partial charge in [-0.25, -0.2) is 0 Å². The molecule has 0 saturated carbocycles.